The highest BCUT2D eigenvalue weighted by Crippen LogP contribution is 2.54. The van der Waals surface area contributed by atoms with Crippen LogP contribution in [0.1, 0.15) is 29.6 Å². The van der Waals surface area contributed by atoms with E-state index in [1.54, 1.807) is 0 Å². The Kier molecular flexibility index (Phi) is 3.96. The van der Waals surface area contributed by atoms with E-state index < -0.39 is 0 Å². The van der Waals surface area contributed by atoms with Gasteiger partial charge in [0.1, 0.15) is 0 Å². The summed E-state index contributed by atoms with van der Waals surface area (Å²) in [4.78, 5) is 12.1. The van der Waals surface area contributed by atoms with E-state index in [0.29, 0.717) is 17.0 Å². The molecule has 0 bridgehead atoms. The molecule has 29 heavy (non-hydrogen) atoms. The van der Waals surface area contributed by atoms with Crippen LogP contribution in [0.3, 0.4) is 0 Å². The van der Waals surface area contributed by atoms with Crippen LogP contribution >= 0.6 is 11.6 Å². The standard InChI is InChI=1S/C22H20ClN5O/c23-21-12-20(27-7-9-29-10-8-27)22-25-19(13-28(22)26-21)16-11-15(16)18-6-5-14-3-1-2-4-17(14)24-18/h1-6,12-13,15-16H,7-11H2/t15-,16+/m0/s1. The van der Waals surface area contributed by atoms with E-state index in [1.165, 1.54) is 5.39 Å². The van der Waals surface area contributed by atoms with Crippen LogP contribution in [0.4, 0.5) is 5.69 Å². The molecule has 1 aromatic carbocycles. The molecule has 4 aromatic rings. The number of fused-ring (bicyclic) bond motifs is 2. The zero-order valence-corrected chi connectivity index (χ0v) is 16.6. The van der Waals surface area contributed by atoms with E-state index in [2.05, 4.69) is 34.3 Å². The number of pyridine rings is 1. The summed E-state index contributed by atoms with van der Waals surface area (Å²) in [7, 11) is 0. The minimum absolute atomic E-state index is 0.377. The van der Waals surface area contributed by atoms with Crippen molar-refractivity contribution in [3.63, 3.8) is 0 Å². The Morgan fingerprint density at radius 2 is 1.79 bits per heavy atom. The monoisotopic (exact) mass is 405 g/mol. The molecule has 2 fully saturated rings. The van der Waals surface area contributed by atoms with Gasteiger partial charge in [0.05, 0.1) is 36.3 Å². The Bertz CT molecular complexity index is 1220. The molecule has 6 nitrogen and oxygen atoms in total. The number of anilines is 1. The van der Waals surface area contributed by atoms with Crippen molar-refractivity contribution < 1.29 is 4.74 Å². The van der Waals surface area contributed by atoms with E-state index in [0.717, 1.165) is 61.0 Å². The maximum Gasteiger partial charge on any atom is 0.177 e. The van der Waals surface area contributed by atoms with Gasteiger partial charge in [-0.15, -0.1) is 0 Å². The number of aromatic nitrogens is 4. The Morgan fingerprint density at radius 1 is 0.966 bits per heavy atom. The lowest BCUT2D eigenvalue weighted by atomic mass is 10.1. The van der Waals surface area contributed by atoms with Crippen LogP contribution < -0.4 is 4.90 Å². The van der Waals surface area contributed by atoms with Crippen LogP contribution in [0.15, 0.2) is 48.7 Å². The molecular formula is C22H20ClN5O. The summed E-state index contributed by atoms with van der Waals surface area (Å²) in [5.41, 5.74) is 5.15. The second-order valence-electron chi connectivity index (χ2n) is 7.76. The van der Waals surface area contributed by atoms with Gasteiger partial charge in [-0.05, 0) is 18.6 Å². The van der Waals surface area contributed by atoms with Gasteiger partial charge in [0.25, 0.3) is 0 Å². The number of ether oxygens (including phenoxy) is 1. The number of halogens is 1. The minimum Gasteiger partial charge on any atom is -0.378 e. The SMILES string of the molecule is Clc1cc(N2CCOCC2)c2nc([C@@H]3C[C@@H]3c3ccc4ccccc4n3)cn2n1. The normalized spacial score (nSPS) is 21.8. The van der Waals surface area contributed by atoms with Crippen molar-refractivity contribution in [2.45, 2.75) is 18.3 Å². The van der Waals surface area contributed by atoms with E-state index in [4.69, 9.17) is 26.3 Å². The molecule has 0 N–H and O–H groups in total. The summed E-state index contributed by atoms with van der Waals surface area (Å²) in [6.45, 7) is 3.12. The van der Waals surface area contributed by atoms with Gasteiger partial charge in [-0.1, -0.05) is 35.9 Å². The van der Waals surface area contributed by atoms with Gasteiger partial charge in [-0.2, -0.15) is 5.10 Å². The molecule has 0 amide bonds. The van der Waals surface area contributed by atoms with E-state index in [9.17, 15) is 0 Å². The second-order valence-corrected chi connectivity index (χ2v) is 8.15. The first kappa shape index (κ1) is 17.2. The molecule has 2 atom stereocenters. The van der Waals surface area contributed by atoms with Gasteiger partial charge in [-0.3, -0.25) is 4.98 Å². The van der Waals surface area contributed by atoms with E-state index in [1.807, 2.05) is 28.9 Å². The van der Waals surface area contributed by atoms with Gasteiger partial charge in [0.15, 0.2) is 10.8 Å². The average molecular weight is 406 g/mol. The number of morpholine rings is 1. The van der Waals surface area contributed by atoms with Gasteiger partial charge in [0.2, 0.25) is 0 Å². The van der Waals surface area contributed by atoms with Gasteiger partial charge < -0.3 is 9.64 Å². The number of rotatable bonds is 3. The molecule has 1 aliphatic carbocycles. The molecule has 0 spiro atoms. The first-order valence-electron chi connectivity index (χ1n) is 10.0. The topological polar surface area (TPSA) is 55.5 Å². The summed E-state index contributed by atoms with van der Waals surface area (Å²) in [6.07, 6.45) is 3.09. The molecular weight excluding hydrogens is 386 g/mol. The Balaban J connectivity index is 1.33. The van der Waals surface area contributed by atoms with Crippen molar-refractivity contribution in [1.82, 2.24) is 19.6 Å². The predicted octanol–water partition coefficient (Wildman–Crippen LogP) is 4.04. The van der Waals surface area contributed by atoms with Crippen LogP contribution in [0.5, 0.6) is 0 Å². The van der Waals surface area contributed by atoms with Crippen LogP contribution in [-0.2, 0) is 4.74 Å². The fourth-order valence-electron chi connectivity index (χ4n) is 4.30. The van der Waals surface area contributed by atoms with Gasteiger partial charge >= 0.3 is 0 Å². The number of hydrogen-bond donors (Lipinski definition) is 0. The van der Waals surface area contributed by atoms with Crippen molar-refractivity contribution in [3.8, 4) is 0 Å². The summed E-state index contributed by atoms with van der Waals surface area (Å²) in [5.74, 6) is 0.786. The van der Waals surface area contributed by atoms with Gasteiger partial charge in [-0.25, -0.2) is 9.50 Å². The van der Waals surface area contributed by atoms with Crippen molar-refractivity contribution in [2.75, 3.05) is 31.2 Å². The molecule has 0 unspecified atom stereocenters. The molecule has 146 valence electrons. The largest absolute Gasteiger partial charge is 0.378 e. The molecule has 6 rings (SSSR count). The van der Waals surface area contributed by atoms with E-state index in [-0.39, 0.29) is 0 Å². The third kappa shape index (κ3) is 3.03. The van der Waals surface area contributed by atoms with Crippen LogP contribution in [0, 0.1) is 0 Å². The molecule has 2 aliphatic rings. The smallest absolute Gasteiger partial charge is 0.177 e. The third-order valence-corrected chi connectivity index (χ3v) is 6.10. The Labute approximate surface area is 173 Å². The summed E-state index contributed by atoms with van der Waals surface area (Å²) in [6, 6.07) is 14.5. The lowest BCUT2D eigenvalue weighted by Gasteiger charge is -2.28. The van der Waals surface area contributed by atoms with Crippen molar-refractivity contribution in [3.05, 3.63) is 65.2 Å². The third-order valence-electron chi connectivity index (χ3n) is 5.92. The lowest BCUT2D eigenvalue weighted by molar-refractivity contribution is 0.123. The summed E-state index contributed by atoms with van der Waals surface area (Å²) in [5, 5.41) is 6.10. The van der Waals surface area contributed by atoms with Crippen LogP contribution in [0.2, 0.25) is 5.15 Å². The quantitative estimate of drug-likeness (QED) is 0.515. The molecule has 1 saturated carbocycles. The fraction of sp³-hybridized carbons (Fsp3) is 0.318. The number of nitrogens with zero attached hydrogens (tertiary/aromatic N) is 5. The molecule has 0 radical (unpaired) electrons. The molecule has 4 heterocycles. The van der Waals surface area contributed by atoms with E-state index >= 15 is 0 Å². The molecule has 1 saturated heterocycles. The molecule has 3 aromatic heterocycles. The lowest BCUT2D eigenvalue weighted by Crippen LogP contribution is -2.36. The average Bonchev–Trinajstić information content (AvgIpc) is 3.45. The first-order valence-corrected chi connectivity index (χ1v) is 10.4. The Morgan fingerprint density at radius 3 is 2.69 bits per heavy atom. The minimum atomic E-state index is 0.377. The van der Waals surface area contributed by atoms with Crippen molar-refractivity contribution in [2.24, 2.45) is 0 Å². The van der Waals surface area contributed by atoms with Crippen molar-refractivity contribution >= 4 is 33.8 Å². The van der Waals surface area contributed by atoms with Crippen LogP contribution in [-0.4, -0.2) is 45.9 Å². The zero-order valence-electron chi connectivity index (χ0n) is 15.8. The maximum absolute atomic E-state index is 6.30. The predicted molar refractivity (Wildman–Crippen MR) is 113 cm³/mol. The van der Waals surface area contributed by atoms with Crippen LogP contribution in [0.25, 0.3) is 16.6 Å². The highest BCUT2D eigenvalue weighted by molar-refractivity contribution is 6.29. The van der Waals surface area contributed by atoms with Gasteiger partial charge in [0, 0.05) is 42.1 Å². The molecule has 7 heteroatoms. The zero-order chi connectivity index (χ0) is 19.4. The highest BCUT2D eigenvalue weighted by Gasteiger charge is 2.42. The number of benzene rings is 1. The molecule has 1 aliphatic heterocycles. The maximum atomic E-state index is 6.30. The second kappa shape index (κ2) is 6.68. The summed E-state index contributed by atoms with van der Waals surface area (Å²) >= 11 is 6.30. The number of imidazole rings is 1. The van der Waals surface area contributed by atoms with Crippen molar-refractivity contribution in [1.29, 1.82) is 0 Å². The number of para-hydroxylation sites is 1. The fourth-order valence-corrected chi connectivity index (χ4v) is 4.49. The first-order chi connectivity index (χ1) is 14.3. The Hall–Kier alpha value is -2.70. The highest BCUT2D eigenvalue weighted by atomic mass is 35.5. The number of hydrogen-bond acceptors (Lipinski definition) is 5. The summed E-state index contributed by atoms with van der Waals surface area (Å²) < 4.78 is 7.31.